The van der Waals surface area contributed by atoms with Gasteiger partial charge in [0.25, 0.3) is 0 Å². The van der Waals surface area contributed by atoms with Gasteiger partial charge in [0.1, 0.15) is 4.90 Å². The van der Waals surface area contributed by atoms with Gasteiger partial charge in [-0.25, -0.2) is 13.2 Å². The van der Waals surface area contributed by atoms with E-state index in [1.807, 2.05) is 0 Å². The van der Waals surface area contributed by atoms with Crippen molar-refractivity contribution in [1.82, 2.24) is 19.4 Å². The van der Waals surface area contributed by atoms with Crippen LogP contribution in [0.25, 0.3) is 0 Å². The van der Waals surface area contributed by atoms with E-state index in [4.69, 9.17) is 23.2 Å². The van der Waals surface area contributed by atoms with E-state index in [0.29, 0.717) is 45.7 Å². The van der Waals surface area contributed by atoms with Crippen molar-refractivity contribution >= 4 is 45.2 Å². The largest absolute Gasteiger partial charge is 0.329 e. The molecule has 2 fully saturated rings. The number of benzene rings is 1. The first kappa shape index (κ1) is 20.3. The number of halogens is 2. The number of hydrogen-bond acceptors (Lipinski definition) is 5. The summed E-state index contributed by atoms with van der Waals surface area (Å²) in [7, 11) is -3.70. The average Bonchev–Trinajstić information content (AvgIpc) is 2.96. The van der Waals surface area contributed by atoms with Gasteiger partial charge >= 0.3 is 6.03 Å². The van der Waals surface area contributed by atoms with E-state index >= 15 is 0 Å². The zero-order valence-electron chi connectivity index (χ0n) is 14.5. The molecule has 8 nitrogen and oxygen atoms in total. The Morgan fingerprint density at radius 1 is 1.04 bits per heavy atom. The van der Waals surface area contributed by atoms with Gasteiger partial charge in [-0.2, -0.15) is 4.31 Å². The summed E-state index contributed by atoms with van der Waals surface area (Å²) >= 11 is 12.0. The summed E-state index contributed by atoms with van der Waals surface area (Å²) in [6, 6.07) is 4.21. The fraction of sp³-hybridized carbons (Fsp3) is 0.500. The second-order valence-corrected chi connectivity index (χ2v) is 9.05. The van der Waals surface area contributed by atoms with Gasteiger partial charge in [0.15, 0.2) is 0 Å². The third-order valence-corrected chi connectivity index (χ3v) is 7.53. The van der Waals surface area contributed by atoms with E-state index in [1.165, 1.54) is 15.3 Å². The molecule has 3 amide bonds. The number of carbonyl (C=O) groups excluding carboxylic acids is 2. The number of amides is 3. The average molecular weight is 435 g/mol. The number of carbonyl (C=O) groups is 2. The molecule has 0 aromatic heterocycles. The fourth-order valence-electron chi connectivity index (χ4n) is 3.15. The first-order valence-electron chi connectivity index (χ1n) is 8.55. The van der Waals surface area contributed by atoms with Crippen LogP contribution in [0, 0.1) is 0 Å². The number of urea groups is 1. The van der Waals surface area contributed by atoms with Crippen molar-refractivity contribution in [3.05, 3.63) is 28.2 Å². The Bertz CT molecular complexity index is 825. The summed E-state index contributed by atoms with van der Waals surface area (Å²) in [6.07, 6.45) is 0.645. The maximum absolute atomic E-state index is 12.8. The van der Waals surface area contributed by atoms with Gasteiger partial charge in [-0.1, -0.05) is 29.3 Å². The molecule has 1 N–H and O–H groups in total. The Labute approximate surface area is 168 Å². The summed E-state index contributed by atoms with van der Waals surface area (Å²) in [5.74, 6) is -0.214. The van der Waals surface area contributed by atoms with Gasteiger partial charge in [0.2, 0.25) is 15.9 Å². The molecular formula is C16H20Cl2N4O4S. The van der Waals surface area contributed by atoms with Crippen molar-refractivity contribution in [1.29, 1.82) is 0 Å². The van der Waals surface area contributed by atoms with Crippen molar-refractivity contribution in [2.24, 2.45) is 0 Å². The summed E-state index contributed by atoms with van der Waals surface area (Å²) < 4.78 is 27.0. The third kappa shape index (κ3) is 4.38. The molecule has 2 heterocycles. The van der Waals surface area contributed by atoms with Crippen LogP contribution in [-0.2, 0) is 14.8 Å². The molecule has 0 atom stereocenters. The van der Waals surface area contributed by atoms with Gasteiger partial charge in [0, 0.05) is 32.7 Å². The molecule has 2 saturated heterocycles. The van der Waals surface area contributed by atoms with Gasteiger partial charge in [-0.05, 0) is 25.1 Å². The molecule has 3 rings (SSSR count). The van der Waals surface area contributed by atoms with E-state index in [9.17, 15) is 18.0 Å². The van der Waals surface area contributed by atoms with Gasteiger partial charge in [-0.15, -0.1) is 0 Å². The highest BCUT2D eigenvalue weighted by atomic mass is 35.5. The Morgan fingerprint density at radius 2 is 1.74 bits per heavy atom. The van der Waals surface area contributed by atoms with Crippen LogP contribution < -0.4 is 5.32 Å². The van der Waals surface area contributed by atoms with Crippen LogP contribution in [0.15, 0.2) is 23.1 Å². The predicted octanol–water partition coefficient (Wildman–Crippen LogP) is 1.24. The fourth-order valence-corrected chi connectivity index (χ4v) is 5.31. The maximum atomic E-state index is 12.8. The van der Waals surface area contributed by atoms with Crippen molar-refractivity contribution in [2.75, 3.05) is 45.8 Å². The Balaban J connectivity index is 1.52. The van der Waals surface area contributed by atoms with Crippen molar-refractivity contribution in [3.8, 4) is 0 Å². The first-order valence-corrected chi connectivity index (χ1v) is 10.7. The van der Waals surface area contributed by atoms with Crippen LogP contribution >= 0.6 is 23.2 Å². The Morgan fingerprint density at radius 3 is 2.37 bits per heavy atom. The smallest absolute Gasteiger partial charge is 0.324 e. The lowest BCUT2D eigenvalue weighted by molar-refractivity contribution is -0.125. The van der Waals surface area contributed by atoms with E-state index < -0.39 is 10.0 Å². The number of piperazine rings is 1. The molecule has 2 aliphatic rings. The summed E-state index contributed by atoms with van der Waals surface area (Å²) in [4.78, 5) is 26.4. The monoisotopic (exact) mass is 434 g/mol. The van der Waals surface area contributed by atoms with Crippen molar-refractivity contribution in [2.45, 2.75) is 11.3 Å². The van der Waals surface area contributed by atoms with Crippen LogP contribution in [0.3, 0.4) is 0 Å². The lowest BCUT2D eigenvalue weighted by atomic mass is 10.3. The normalized spacial score (nSPS) is 19.6. The second-order valence-electron chi connectivity index (χ2n) is 6.36. The molecule has 0 aliphatic carbocycles. The number of nitrogens with one attached hydrogen (secondary N) is 1. The van der Waals surface area contributed by atoms with Crippen LogP contribution in [-0.4, -0.2) is 80.3 Å². The summed E-state index contributed by atoms with van der Waals surface area (Å²) in [6.45, 7) is 2.92. The number of imide groups is 1. The number of nitrogens with zero attached hydrogens (tertiary/aromatic N) is 3. The number of hydrogen-bond donors (Lipinski definition) is 1. The van der Waals surface area contributed by atoms with Gasteiger partial charge in [0.05, 0.1) is 16.6 Å². The van der Waals surface area contributed by atoms with E-state index in [2.05, 4.69) is 10.2 Å². The summed E-state index contributed by atoms with van der Waals surface area (Å²) in [5.41, 5.74) is 0. The van der Waals surface area contributed by atoms with Crippen molar-refractivity contribution in [3.63, 3.8) is 0 Å². The molecule has 2 aliphatic heterocycles. The van der Waals surface area contributed by atoms with E-state index in [0.717, 1.165) is 0 Å². The highest BCUT2D eigenvalue weighted by molar-refractivity contribution is 7.89. The molecule has 27 heavy (non-hydrogen) atoms. The van der Waals surface area contributed by atoms with Gasteiger partial charge < -0.3 is 10.2 Å². The Kier molecular flexibility index (Phi) is 6.27. The number of sulfonamides is 1. The zero-order valence-corrected chi connectivity index (χ0v) is 16.9. The topological polar surface area (TPSA) is 90.0 Å². The molecule has 1 aromatic carbocycles. The highest BCUT2D eigenvalue weighted by Crippen LogP contribution is 2.31. The first-order chi connectivity index (χ1) is 12.8. The van der Waals surface area contributed by atoms with E-state index in [1.54, 1.807) is 12.1 Å². The van der Waals surface area contributed by atoms with Crippen LogP contribution in [0.1, 0.15) is 6.42 Å². The SMILES string of the molecule is O=C1CNC(=O)N1CCCN1CCN(S(=O)(=O)c2cccc(Cl)c2Cl)CC1. The third-order valence-electron chi connectivity index (χ3n) is 4.66. The zero-order chi connectivity index (χ0) is 19.6. The molecule has 148 valence electrons. The van der Waals surface area contributed by atoms with Gasteiger partial charge in [-0.3, -0.25) is 9.69 Å². The van der Waals surface area contributed by atoms with Crippen LogP contribution in [0.4, 0.5) is 4.79 Å². The molecule has 11 heteroatoms. The highest BCUT2D eigenvalue weighted by Gasteiger charge is 2.31. The predicted molar refractivity (Wildman–Crippen MR) is 101 cm³/mol. The standard InChI is InChI=1S/C16H20Cl2N4O4S/c17-12-3-1-4-13(15(12)18)27(25,26)21-9-7-20(8-10-21)5-2-6-22-14(23)11-19-16(22)24/h1,3-4H,2,5-11H2,(H,19,24). The molecular weight excluding hydrogens is 415 g/mol. The van der Waals surface area contributed by atoms with E-state index in [-0.39, 0.29) is 33.4 Å². The Hall–Kier alpha value is -1.39. The van der Waals surface area contributed by atoms with Crippen LogP contribution in [0.5, 0.6) is 0 Å². The van der Waals surface area contributed by atoms with Crippen molar-refractivity contribution < 1.29 is 18.0 Å². The molecule has 0 bridgehead atoms. The second kappa shape index (κ2) is 8.32. The molecule has 1 aromatic rings. The minimum Gasteiger partial charge on any atom is -0.329 e. The molecule has 0 spiro atoms. The summed E-state index contributed by atoms with van der Waals surface area (Å²) in [5, 5.41) is 2.73. The lowest BCUT2D eigenvalue weighted by Crippen LogP contribution is -2.49. The molecule has 0 radical (unpaired) electrons. The number of rotatable bonds is 6. The molecule has 0 unspecified atom stereocenters. The maximum Gasteiger partial charge on any atom is 0.324 e. The quantitative estimate of drug-likeness (QED) is 0.680. The molecule has 0 saturated carbocycles. The minimum atomic E-state index is -3.70. The minimum absolute atomic E-state index is 0.0173. The van der Waals surface area contributed by atoms with Crippen LogP contribution in [0.2, 0.25) is 10.0 Å². The lowest BCUT2D eigenvalue weighted by Gasteiger charge is -2.34.